The fourth-order valence-corrected chi connectivity index (χ4v) is 10.5. The Hall–Kier alpha value is -3.41. The van der Waals surface area contributed by atoms with Crippen molar-refractivity contribution in [2.75, 3.05) is 13.2 Å². The van der Waals surface area contributed by atoms with Gasteiger partial charge in [-0.15, -0.1) is 0 Å². The normalized spacial score (nSPS) is 12.6. The van der Waals surface area contributed by atoms with E-state index in [-0.39, 0.29) is 31.1 Å². The number of hydrogen-bond donors (Lipinski definition) is 0. The molecule has 6 nitrogen and oxygen atoms in total. The minimum atomic E-state index is -0.787. The van der Waals surface area contributed by atoms with E-state index in [4.69, 9.17) is 14.2 Å². The van der Waals surface area contributed by atoms with E-state index in [1.807, 2.05) is 0 Å². The van der Waals surface area contributed by atoms with Gasteiger partial charge >= 0.3 is 17.9 Å². The van der Waals surface area contributed by atoms with Crippen LogP contribution in [0.1, 0.15) is 367 Å². The summed E-state index contributed by atoms with van der Waals surface area (Å²) in [5, 5.41) is 0. The summed E-state index contributed by atoms with van der Waals surface area (Å²) in [4.78, 5) is 38.5. The molecule has 6 heteroatoms. The van der Waals surface area contributed by atoms with Crippen LogP contribution in [-0.4, -0.2) is 37.2 Å². The maximum absolute atomic E-state index is 13.0. The zero-order chi connectivity index (χ0) is 59.9. The summed E-state index contributed by atoms with van der Waals surface area (Å²) in [6.45, 7) is 6.54. The first-order chi connectivity index (χ1) is 41.0. The summed E-state index contributed by atoms with van der Waals surface area (Å²) < 4.78 is 17.0. The maximum Gasteiger partial charge on any atom is 0.306 e. The first-order valence-electron chi connectivity index (χ1n) is 36.1. The van der Waals surface area contributed by atoms with Crippen molar-refractivity contribution in [2.45, 2.75) is 374 Å². The molecule has 0 heterocycles. The van der Waals surface area contributed by atoms with Gasteiger partial charge in [0.05, 0.1) is 0 Å². The Kier molecular flexibility index (Phi) is 68.2. The topological polar surface area (TPSA) is 78.9 Å². The van der Waals surface area contributed by atoms with Gasteiger partial charge in [-0.05, 0) is 116 Å². The van der Waals surface area contributed by atoms with E-state index in [9.17, 15) is 14.4 Å². The molecule has 0 saturated heterocycles. The lowest BCUT2D eigenvalue weighted by Crippen LogP contribution is -2.30. The highest BCUT2D eigenvalue weighted by Crippen LogP contribution is 2.17. The Balaban J connectivity index is 4.30. The van der Waals surface area contributed by atoms with Gasteiger partial charge in [0.25, 0.3) is 0 Å². The molecule has 0 aliphatic rings. The first-order valence-corrected chi connectivity index (χ1v) is 36.1. The minimum absolute atomic E-state index is 0.0806. The molecule has 0 N–H and O–H groups in total. The van der Waals surface area contributed by atoms with Crippen molar-refractivity contribution < 1.29 is 28.6 Å². The van der Waals surface area contributed by atoms with Gasteiger partial charge in [0, 0.05) is 19.3 Å². The molecule has 0 aliphatic heterocycles. The molecule has 0 radical (unpaired) electrons. The SMILES string of the molecule is CC/C=C\C/C=C\C/C=C\CCCCCCCC(=O)OCC(COC(=O)CCCCCCCCCCCCCCCCC/C=C\C/C=C\CCCCCCC)OC(=O)CCCCCCCCCCCCC/C=C\C/C=C\CCCCCCC. The van der Waals surface area contributed by atoms with E-state index in [2.05, 4.69) is 106 Å². The van der Waals surface area contributed by atoms with Crippen LogP contribution in [0.3, 0.4) is 0 Å². The quantitative estimate of drug-likeness (QED) is 0.0261. The van der Waals surface area contributed by atoms with Crippen LogP contribution in [0.15, 0.2) is 85.1 Å². The van der Waals surface area contributed by atoms with Crippen molar-refractivity contribution >= 4 is 17.9 Å². The van der Waals surface area contributed by atoms with Gasteiger partial charge in [-0.3, -0.25) is 14.4 Å². The molecule has 0 spiro atoms. The Bertz CT molecular complexity index is 1570. The van der Waals surface area contributed by atoms with Gasteiger partial charge in [0.15, 0.2) is 6.10 Å². The summed E-state index contributed by atoms with van der Waals surface area (Å²) >= 11 is 0. The molecule has 0 bridgehead atoms. The largest absolute Gasteiger partial charge is 0.462 e. The van der Waals surface area contributed by atoms with Crippen LogP contribution in [0, 0.1) is 0 Å². The Morgan fingerprint density at radius 3 is 0.735 bits per heavy atom. The predicted molar refractivity (Wildman–Crippen MR) is 362 cm³/mol. The number of allylic oxidation sites excluding steroid dienone is 14. The molecular formula is C77H136O6. The van der Waals surface area contributed by atoms with Gasteiger partial charge in [0.1, 0.15) is 13.2 Å². The number of unbranched alkanes of at least 4 members (excludes halogenated alkanes) is 41. The second kappa shape index (κ2) is 71.1. The third-order valence-corrected chi connectivity index (χ3v) is 15.9. The molecule has 0 fully saturated rings. The predicted octanol–water partition coefficient (Wildman–Crippen LogP) is 25.0. The highest BCUT2D eigenvalue weighted by molar-refractivity contribution is 5.71. The number of carbonyl (C=O) groups is 3. The second-order valence-electron chi connectivity index (χ2n) is 24.1. The van der Waals surface area contributed by atoms with Crippen LogP contribution in [-0.2, 0) is 28.6 Å². The van der Waals surface area contributed by atoms with E-state index >= 15 is 0 Å². The monoisotopic (exact) mass is 1160 g/mol. The van der Waals surface area contributed by atoms with E-state index in [1.165, 1.54) is 218 Å². The third-order valence-electron chi connectivity index (χ3n) is 15.9. The van der Waals surface area contributed by atoms with Crippen molar-refractivity contribution in [3.63, 3.8) is 0 Å². The van der Waals surface area contributed by atoms with Crippen molar-refractivity contribution in [1.29, 1.82) is 0 Å². The molecule has 0 aromatic rings. The fourth-order valence-electron chi connectivity index (χ4n) is 10.5. The molecule has 480 valence electrons. The zero-order valence-corrected chi connectivity index (χ0v) is 55.2. The van der Waals surface area contributed by atoms with Gasteiger partial charge in [0.2, 0.25) is 0 Å². The molecule has 1 unspecified atom stereocenters. The van der Waals surface area contributed by atoms with Gasteiger partial charge in [-0.1, -0.05) is 318 Å². The average Bonchev–Trinajstić information content (AvgIpc) is 3.49. The highest BCUT2D eigenvalue weighted by atomic mass is 16.6. The van der Waals surface area contributed by atoms with E-state index in [0.29, 0.717) is 19.3 Å². The maximum atomic E-state index is 13.0. The summed E-state index contributed by atoms with van der Waals surface area (Å²) in [6, 6.07) is 0. The fraction of sp³-hybridized carbons (Fsp3) is 0.779. The van der Waals surface area contributed by atoms with Crippen molar-refractivity contribution in [1.82, 2.24) is 0 Å². The lowest BCUT2D eigenvalue weighted by molar-refractivity contribution is -0.167. The lowest BCUT2D eigenvalue weighted by Gasteiger charge is -2.18. The smallest absolute Gasteiger partial charge is 0.306 e. The number of esters is 3. The summed E-state index contributed by atoms with van der Waals surface area (Å²) in [5.41, 5.74) is 0. The third kappa shape index (κ3) is 69.3. The van der Waals surface area contributed by atoms with Crippen LogP contribution >= 0.6 is 0 Å². The molecular weight excluding hydrogens is 1020 g/mol. The molecule has 83 heavy (non-hydrogen) atoms. The van der Waals surface area contributed by atoms with Crippen LogP contribution in [0.5, 0.6) is 0 Å². The number of rotatable bonds is 66. The molecule has 0 rings (SSSR count). The van der Waals surface area contributed by atoms with E-state index in [0.717, 1.165) is 109 Å². The van der Waals surface area contributed by atoms with E-state index < -0.39 is 6.10 Å². The van der Waals surface area contributed by atoms with Crippen LogP contribution in [0.2, 0.25) is 0 Å². The molecule has 0 aromatic carbocycles. The first kappa shape index (κ1) is 79.6. The lowest BCUT2D eigenvalue weighted by atomic mass is 10.0. The summed E-state index contributed by atoms with van der Waals surface area (Å²) in [5.74, 6) is -0.881. The highest BCUT2D eigenvalue weighted by Gasteiger charge is 2.19. The Labute approximate surface area is 515 Å². The molecule has 0 amide bonds. The number of hydrogen-bond acceptors (Lipinski definition) is 6. The number of ether oxygens (including phenoxy) is 3. The minimum Gasteiger partial charge on any atom is -0.462 e. The van der Waals surface area contributed by atoms with Crippen molar-refractivity contribution in [3.8, 4) is 0 Å². The average molecular weight is 1160 g/mol. The molecule has 0 aromatic heterocycles. The molecule has 1 atom stereocenters. The van der Waals surface area contributed by atoms with Crippen LogP contribution < -0.4 is 0 Å². The van der Waals surface area contributed by atoms with E-state index in [1.54, 1.807) is 0 Å². The van der Waals surface area contributed by atoms with Gasteiger partial charge in [-0.25, -0.2) is 0 Å². The second-order valence-corrected chi connectivity index (χ2v) is 24.1. The van der Waals surface area contributed by atoms with Gasteiger partial charge in [-0.2, -0.15) is 0 Å². The molecule has 0 saturated carbocycles. The number of carbonyl (C=O) groups excluding carboxylic acids is 3. The Morgan fingerprint density at radius 2 is 0.470 bits per heavy atom. The zero-order valence-electron chi connectivity index (χ0n) is 55.2. The van der Waals surface area contributed by atoms with Crippen LogP contribution in [0.4, 0.5) is 0 Å². The van der Waals surface area contributed by atoms with Crippen molar-refractivity contribution in [2.24, 2.45) is 0 Å². The summed E-state index contributed by atoms with van der Waals surface area (Å²) in [7, 11) is 0. The molecule has 0 aliphatic carbocycles. The van der Waals surface area contributed by atoms with Gasteiger partial charge < -0.3 is 14.2 Å². The Morgan fingerprint density at radius 1 is 0.253 bits per heavy atom. The van der Waals surface area contributed by atoms with Crippen molar-refractivity contribution in [3.05, 3.63) is 85.1 Å². The standard InChI is InChI=1S/C77H136O6/c1-4-7-10-13-16-19-22-25-28-30-32-34-36-37-38-39-41-42-44-46-49-52-55-58-61-64-67-70-76(79)82-73-74(72-81-75(78)69-66-63-60-57-54-51-48-27-24-21-18-15-12-9-6-3)83-77(80)71-68-65-62-59-56-53-50-47-45-43-40-35-33-31-29-26-23-20-17-14-11-8-5-2/h9,12,18,21-23,25-27,30-33,48,74H,4-8,10-11,13-17,19-20,24,28-29,34-47,49-73H2,1-3H3/b12-9-,21-18-,25-22-,26-23-,32-30-,33-31-,48-27-. The summed E-state index contributed by atoms with van der Waals surface area (Å²) in [6.07, 6.45) is 94.7. The van der Waals surface area contributed by atoms with Crippen LogP contribution in [0.25, 0.3) is 0 Å².